The van der Waals surface area contributed by atoms with Gasteiger partial charge in [-0.05, 0) is 31.7 Å². The summed E-state index contributed by atoms with van der Waals surface area (Å²) in [6.07, 6.45) is 3.44. The summed E-state index contributed by atoms with van der Waals surface area (Å²) < 4.78 is 5.14. The number of hydrogen-bond acceptors (Lipinski definition) is 3. The Labute approximate surface area is 71.9 Å². The number of aryl methyl sites for hydroxylation is 1. The highest BCUT2D eigenvalue weighted by Crippen LogP contribution is 2.47. The molecule has 1 saturated carbocycles. The summed E-state index contributed by atoms with van der Waals surface area (Å²) in [7, 11) is 0. The maximum Gasteiger partial charge on any atom is 0.137 e. The van der Waals surface area contributed by atoms with Gasteiger partial charge in [0.2, 0.25) is 0 Å². The van der Waals surface area contributed by atoms with Crippen LogP contribution in [0.3, 0.4) is 0 Å². The Balaban J connectivity index is 2.04. The van der Waals surface area contributed by atoms with Crippen molar-refractivity contribution in [3.8, 4) is 0 Å². The Morgan fingerprint density at radius 1 is 1.67 bits per heavy atom. The molecule has 1 aliphatic rings. The van der Waals surface area contributed by atoms with Crippen molar-refractivity contribution in [2.75, 3.05) is 6.54 Å². The predicted molar refractivity (Wildman–Crippen MR) is 45.7 cm³/mol. The van der Waals surface area contributed by atoms with Gasteiger partial charge in [-0.25, -0.2) is 0 Å². The molecule has 3 nitrogen and oxygen atoms in total. The predicted octanol–water partition coefficient (Wildman–Crippen LogP) is 1.26. The van der Waals surface area contributed by atoms with E-state index in [2.05, 4.69) is 5.16 Å². The molecule has 1 aromatic rings. The lowest BCUT2D eigenvalue weighted by Crippen LogP contribution is -2.17. The number of aromatic nitrogens is 1. The average molecular weight is 166 g/mol. The molecule has 0 radical (unpaired) electrons. The fourth-order valence-electron chi connectivity index (χ4n) is 1.50. The Bertz CT molecular complexity index is 276. The van der Waals surface area contributed by atoms with Gasteiger partial charge in [-0.3, -0.25) is 0 Å². The van der Waals surface area contributed by atoms with Crippen LogP contribution in [0.15, 0.2) is 10.6 Å². The lowest BCUT2D eigenvalue weighted by atomic mass is 10.0. The molecule has 0 atom stereocenters. The van der Waals surface area contributed by atoms with E-state index in [1.54, 1.807) is 0 Å². The van der Waals surface area contributed by atoms with Crippen LogP contribution in [0, 0.1) is 12.3 Å². The quantitative estimate of drug-likeness (QED) is 0.735. The molecule has 3 heteroatoms. The minimum atomic E-state index is 0.353. The molecule has 2 N–H and O–H groups in total. The van der Waals surface area contributed by atoms with Gasteiger partial charge in [0.25, 0.3) is 0 Å². The Hall–Kier alpha value is -0.830. The van der Waals surface area contributed by atoms with Gasteiger partial charge in [0.1, 0.15) is 5.76 Å². The number of nitrogens with zero attached hydrogens (tertiary/aromatic N) is 1. The second-order valence-electron chi connectivity index (χ2n) is 3.82. The molecule has 12 heavy (non-hydrogen) atoms. The minimum absolute atomic E-state index is 0.353. The van der Waals surface area contributed by atoms with Crippen molar-refractivity contribution in [2.24, 2.45) is 11.1 Å². The van der Waals surface area contributed by atoms with Crippen molar-refractivity contribution in [1.82, 2.24) is 5.16 Å². The third-order valence-electron chi connectivity index (χ3n) is 2.62. The maximum absolute atomic E-state index is 5.66. The van der Waals surface area contributed by atoms with Gasteiger partial charge in [0.05, 0.1) is 5.69 Å². The average Bonchev–Trinajstić information content (AvgIpc) is 2.71. The molecular formula is C9H14N2O. The summed E-state index contributed by atoms with van der Waals surface area (Å²) in [6.45, 7) is 2.71. The topological polar surface area (TPSA) is 52.0 Å². The van der Waals surface area contributed by atoms with E-state index in [-0.39, 0.29) is 0 Å². The van der Waals surface area contributed by atoms with E-state index in [1.807, 2.05) is 13.0 Å². The smallest absolute Gasteiger partial charge is 0.137 e. The summed E-state index contributed by atoms with van der Waals surface area (Å²) >= 11 is 0. The molecule has 66 valence electrons. The summed E-state index contributed by atoms with van der Waals surface area (Å²) in [5.41, 5.74) is 6.97. The van der Waals surface area contributed by atoms with Gasteiger partial charge >= 0.3 is 0 Å². The molecule has 1 heterocycles. The van der Waals surface area contributed by atoms with Crippen molar-refractivity contribution in [3.63, 3.8) is 0 Å². The van der Waals surface area contributed by atoms with Crippen LogP contribution in [0.2, 0.25) is 0 Å². The van der Waals surface area contributed by atoms with Crippen LogP contribution in [0.1, 0.15) is 24.3 Å². The van der Waals surface area contributed by atoms with Crippen LogP contribution in [0.25, 0.3) is 0 Å². The van der Waals surface area contributed by atoms with Gasteiger partial charge in [0, 0.05) is 12.5 Å². The molecule has 0 saturated heterocycles. The van der Waals surface area contributed by atoms with Crippen molar-refractivity contribution < 1.29 is 4.52 Å². The van der Waals surface area contributed by atoms with Crippen molar-refractivity contribution in [3.05, 3.63) is 17.5 Å². The molecule has 0 aromatic carbocycles. The van der Waals surface area contributed by atoms with Crippen LogP contribution in [0.4, 0.5) is 0 Å². The summed E-state index contributed by atoms with van der Waals surface area (Å²) in [6, 6.07) is 2.00. The number of hydrogen-bond donors (Lipinski definition) is 1. The third-order valence-corrected chi connectivity index (χ3v) is 2.62. The Morgan fingerprint density at radius 2 is 2.42 bits per heavy atom. The van der Waals surface area contributed by atoms with E-state index >= 15 is 0 Å². The molecule has 0 amide bonds. The molecule has 1 aliphatic carbocycles. The first-order chi connectivity index (χ1) is 5.74. The van der Waals surface area contributed by atoms with E-state index < -0.39 is 0 Å². The lowest BCUT2D eigenvalue weighted by molar-refractivity contribution is 0.350. The summed E-state index contributed by atoms with van der Waals surface area (Å²) in [5.74, 6) is 0.982. The molecule has 0 unspecified atom stereocenters. The first kappa shape index (κ1) is 7.80. The van der Waals surface area contributed by atoms with Crippen molar-refractivity contribution in [2.45, 2.75) is 26.2 Å². The Morgan fingerprint density at radius 3 is 2.83 bits per heavy atom. The lowest BCUT2D eigenvalue weighted by Gasteiger charge is -2.07. The van der Waals surface area contributed by atoms with Gasteiger partial charge in [0.15, 0.2) is 0 Å². The zero-order chi connectivity index (χ0) is 8.60. The van der Waals surface area contributed by atoms with Gasteiger partial charge in [-0.2, -0.15) is 0 Å². The van der Waals surface area contributed by atoms with E-state index in [0.29, 0.717) is 5.41 Å². The Kier molecular flexibility index (Phi) is 1.68. The van der Waals surface area contributed by atoms with Crippen molar-refractivity contribution >= 4 is 0 Å². The van der Waals surface area contributed by atoms with Crippen LogP contribution in [0.5, 0.6) is 0 Å². The SMILES string of the molecule is Cc1cc(CC2(CN)CC2)on1. The standard InChI is InChI=1S/C9H14N2O/c1-7-4-8(12-11-7)5-9(6-10)2-3-9/h4H,2-3,5-6,10H2,1H3. The molecular weight excluding hydrogens is 152 g/mol. The third kappa shape index (κ3) is 1.37. The van der Waals surface area contributed by atoms with Crippen LogP contribution < -0.4 is 5.73 Å². The van der Waals surface area contributed by atoms with E-state index in [9.17, 15) is 0 Å². The normalized spacial score (nSPS) is 19.5. The number of nitrogens with two attached hydrogens (primary N) is 1. The van der Waals surface area contributed by atoms with Crippen LogP contribution in [-0.2, 0) is 6.42 Å². The minimum Gasteiger partial charge on any atom is -0.361 e. The van der Waals surface area contributed by atoms with Gasteiger partial charge < -0.3 is 10.3 Å². The highest BCUT2D eigenvalue weighted by molar-refractivity contribution is 5.09. The first-order valence-electron chi connectivity index (χ1n) is 4.36. The fourth-order valence-corrected chi connectivity index (χ4v) is 1.50. The zero-order valence-corrected chi connectivity index (χ0v) is 7.34. The monoisotopic (exact) mass is 166 g/mol. The first-order valence-corrected chi connectivity index (χ1v) is 4.36. The van der Waals surface area contributed by atoms with Crippen molar-refractivity contribution in [1.29, 1.82) is 0 Å². The van der Waals surface area contributed by atoms with E-state index in [1.165, 1.54) is 12.8 Å². The second-order valence-corrected chi connectivity index (χ2v) is 3.82. The molecule has 0 bridgehead atoms. The fraction of sp³-hybridized carbons (Fsp3) is 0.667. The second kappa shape index (κ2) is 2.59. The molecule has 1 fully saturated rings. The zero-order valence-electron chi connectivity index (χ0n) is 7.34. The van der Waals surface area contributed by atoms with E-state index in [0.717, 1.165) is 24.4 Å². The maximum atomic E-state index is 5.66. The molecule has 1 aromatic heterocycles. The van der Waals surface area contributed by atoms with Crippen LogP contribution in [-0.4, -0.2) is 11.7 Å². The number of rotatable bonds is 3. The molecule has 0 spiro atoms. The summed E-state index contributed by atoms with van der Waals surface area (Å²) in [4.78, 5) is 0. The molecule has 2 rings (SSSR count). The molecule has 0 aliphatic heterocycles. The van der Waals surface area contributed by atoms with Gasteiger partial charge in [-0.1, -0.05) is 5.16 Å². The largest absolute Gasteiger partial charge is 0.361 e. The summed E-state index contributed by atoms with van der Waals surface area (Å²) in [5, 5.41) is 3.85. The highest BCUT2D eigenvalue weighted by atomic mass is 16.5. The highest BCUT2D eigenvalue weighted by Gasteiger charge is 2.42. The van der Waals surface area contributed by atoms with Crippen LogP contribution >= 0.6 is 0 Å². The van der Waals surface area contributed by atoms with E-state index in [4.69, 9.17) is 10.3 Å². The van der Waals surface area contributed by atoms with Gasteiger partial charge in [-0.15, -0.1) is 0 Å².